The van der Waals surface area contributed by atoms with Crippen LogP contribution in [0.3, 0.4) is 0 Å². The quantitative estimate of drug-likeness (QED) is 0.900. The lowest BCUT2D eigenvalue weighted by Crippen LogP contribution is -2.74. The summed E-state index contributed by atoms with van der Waals surface area (Å²) in [5, 5.41) is 18.5. The van der Waals surface area contributed by atoms with Crippen molar-refractivity contribution in [3.63, 3.8) is 0 Å². The van der Waals surface area contributed by atoms with Crippen molar-refractivity contribution in [3.05, 3.63) is 35.4 Å². The van der Waals surface area contributed by atoms with Crippen molar-refractivity contribution in [3.8, 4) is 0 Å². The molecule has 3 saturated carbocycles. The maximum absolute atomic E-state index is 12.5. The van der Waals surface area contributed by atoms with Crippen LogP contribution in [-0.2, 0) is 15.8 Å². The molecule has 4 rings (SSSR count). The van der Waals surface area contributed by atoms with Crippen molar-refractivity contribution in [1.29, 1.82) is 0 Å². The molecule has 1 aromatic carbocycles. The molecule has 112 valence electrons. The lowest BCUT2D eigenvalue weighted by molar-refractivity contribution is -0.245. The van der Waals surface area contributed by atoms with Crippen LogP contribution in [-0.4, -0.2) is 22.2 Å². The van der Waals surface area contributed by atoms with Gasteiger partial charge < -0.3 is 10.2 Å². The van der Waals surface area contributed by atoms with Gasteiger partial charge >= 0.3 is 18.1 Å². The molecule has 0 amide bonds. The van der Waals surface area contributed by atoms with E-state index in [1.807, 2.05) is 0 Å². The molecule has 0 unspecified atom stereocenters. The van der Waals surface area contributed by atoms with Gasteiger partial charge in [0.1, 0.15) is 0 Å². The summed E-state index contributed by atoms with van der Waals surface area (Å²) in [6.45, 7) is 0. The van der Waals surface area contributed by atoms with Gasteiger partial charge in [-0.2, -0.15) is 13.2 Å². The second-order valence-electron chi connectivity index (χ2n) is 5.83. The second kappa shape index (κ2) is 3.78. The molecule has 0 radical (unpaired) electrons. The van der Waals surface area contributed by atoms with Crippen LogP contribution in [0.15, 0.2) is 24.3 Å². The van der Waals surface area contributed by atoms with Gasteiger partial charge in [-0.05, 0) is 30.5 Å². The van der Waals surface area contributed by atoms with E-state index in [-0.39, 0.29) is 12.8 Å². The number of carboxylic acids is 2. The Hall–Kier alpha value is -2.05. The highest BCUT2D eigenvalue weighted by atomic mass is 19.4. The van der Waals surface area contributed by atoms with Crippen LogP contribution in [0, 0.1) is 10.8 Å². The summed E-state index contributed by atoms with van der Waals surface area (Å²) in [4.78, 5) is 22.7. The Morgan fingerprint density at radius 3 is 1.76 bits per heavy atom. The summed E-state index contributed by atoms with van der Waals surface area (Å²) in [5.41, 5.74) is -2.78. The minimum absolute atomic E-state index is 0.0381. The molecule has 0 heterocycles. The molecular formula is C14H11F3O4. The van der Waals surface area contributed by atoms with Crippen molar-refractivity contribution in [2.75, 3.05) is 0 Å². The lowest BCUT2D eigenvalue weighted by atomic mass is 9.28. The zero-order chi connectivity index (χ0) is 15.6. The molecule has 3 fully saturated rings. The average molecular weight is 300 g/mol. The van der Waals surface area contributed by atoms with E-state index in [0.29, 0.717) is 5.56 Å². The van der Waals surface area contributed by atoms with Gasteiger partial charge in [-0.3, -0.25) is 9.59 Å². The van der Waals surface area contributed by atoms with E-state index in [2.05, 4.69) is 0 Å². The number of carboxylic acid groups (broad SMARTS) is 2. The van der Waals surface area contributed by atoms with Gasteiger partial charge in [0, 0.05) is 5.92 Å². The second-order valence-corrected chi connectivity index (χ2v) is 5.83. The van der Waals surface area contributed by atoms with E-state index in [1.54, 1.807) is 0 Å². The largest absolute Gasteiger partial charge is 0.481 e. The van der Waals surface area contributed by atoms with Crippen molar-refractivity contribution >= 4 is 11.9 Å². The third-order valence-corrected chi connectivity index (χ3v) is 4.79. The molecule has 0 aliphatic heterocycles. The molecule has 0 atom stereocenters. The molecule has 1 aromatic rings. The van der Waals surface area contributed by atoms with Gasteiger partial charge in [0.15, 0.2) is 0 Å². The van der Waals surface area contributed by atoms with Crippen LogP contribution in [0.4, 0.5) is 13.2 Å². The number of benzene rings is 1. The monoisotopic (exact) mass is 300 g/mol. The summed E-state index contributed by atoms with van der Waals surface area (Å²) in [5.74, 6) is -2.94. The number of hydrogen-bond donors (Lipinski definition) is 2. The predicted octanol–water partition coefficient (Wildman–Crippen LogP) is 2.74. The first-order valence-electron chi connectivity index (χ1n) is 6.27. The molecular weight excluding hydrogens is 289 g/mol. The van der Waals surface area contributed by atoms with Crippen LogP contribution < -0.4 is 0 Å². The van der Waals surface area contributed by atoms with Gasteiger partial charge in [0.05, 0.1) is 16.4 Å². The Morgan fingerprint density at radius 1 is 1.00 bits per heavy atom. The van der Waals surface area contributed by atoms with Gasteiger partial charge in [0.25, 0.3) is 0 Å². The Kier molecular flexibility index (Phi) is 2.50. The maximum Gasteiger partial charge on any atom is 0.416 e. The molecule has 0 saturated heterocycles. The summed E-state index contributed by atoms with van der Waals surface area (Å²) in [6, 6.07) is 4.08. The molecule has 0 aromatic heterocycles. The van der Waals surface area contributed by atoms with E-state index < -0.39 is 40.4 Å². The normalized spacial score (nSPS) is 33.8. The minimum Gasteiger partial charge on any atom is -0.481 e. The van der Waals surface area contributed by atoms with Gasteiger partial charge in [-0.25, -0.2) is 0 Å². The van der Waals surface area contributed by atoms with Crippen molar-refractivity contribution < 1.29 is 33.0 Å². The first kappa shape index (κ1) is 13.9. The van der Waals surface area contributed by atoms with Crippen LogP contribution in [0.1, 0.15) is 29.9 Å². The third-order valence-electron chi connectivity index (χ3n) is 4.79. The number of hydrogen-bond acceptors (Lipinski definition) is 2. The smallest absolute Gasteiger partial charge is 0.416 e. The summed E-state index contributed by atoms with van der Waals surface area (Å²) in [6.07, 6.45) is -4.40. The molecule has 7 heteroatoms. The average Bonchev–Trinajstić information content (AvgIpc) is 2.24. The Labute approximate surface area is 117 Å². The SMILES string of the molecule is O=C(O)C12CC(C(=O)O)(C1)C2c1ccc(C(F)(F)F)cc1. The topological polar surface area (TPSA) is 74.6 Å². The van der Waals surface area contributed by atoms with Crippen molar-refractivity contribution in [2.45, 2.75) is 24.9 Å². The molecule has 0 spiro atoms. The highest BCUT2D eigenvalue weighted by Gasteiger charge is 2.82. The molecule has 3 aliphatic rings. The Bertz CT molecular complexity index is 601. The van der Waals surface area contributed by atoms with E-state index in [9.17, 15) is 33.0 Å². The van der Waals surface area contributed by atoms with Crippen molar-refractivity contribution in [1.82, 2.24) is 0 Å². The number of alkyl halides is 3. The van der Waals surface area contributed by atoms with Gasteiger partial charge in [-0.1, -0.05) is 12.1 Å². The molecule has 2 bridgehead atoms. The zero-order valence-corrected chi connectivity index (χ0v) is 10.6. The fraction of sp³-hybridized carbons (Fsp3) is 0.429. The molecule has 2 N–H and O–H groups in total. The summed E-state index contributed by atoms with van der Waals surface area (Å²) >= 11 is 0. The number of rotatable bonds is 3. The Morgan fingerprint density at radius 2 is 1.43 bits per heavy atom. The summed E-state index contributed by atoms with van der Waals surface area (Å²) < 4.78 is 37.6. The first-order valence-corrected chi connectivity index (χ1v) is 6.27. The highest BCUT2D eigenvalue weighted by Crippen LogP contribution is 2.81. The van der Waals surface area contributed by atoms with E-state index in [1.165, 1.54) is 12.1 Å². The fourth-order valence-electron chi connectivity index (χ4n) is 3.80. The van der Waals surface area contributed by atoms with Gasteiger partial charge in [-0.15, -0.1) is 0 Å². The maximum atomic E-state index is 12.5. The number of halogens is 3. The van der Waals surface area contributed by atoms with Crippen LogP contribution in [0.5, 0.6) is 0 Å². The first-order chi connectivity index (χ1) is 9.63. The lowest BCUT2D eigenvalue weighted by Gasteiger charge is -2.71. The van der Waals surface area contributed by atoms with Gasteiger partial charge in [0.2, 0.25) is 0 Å². The Balaban J connectivity index is 1.96. The van der Waals surface area contributed by atoms with E-state index >= 15 is 0 Å². The van der Waals surface area contributed by atoms with Crippen molar-refractivity contribution in [2.24, 2.45) is 10.8 Å². The minimum atomic E-state index is -4.48. The zero-order valence-electron chi connectivity index (χ0n) is 10.6. The summed E-state index contributed by atoms with van der Waals surface area (Å²) in [7, 11) is 0. The highest BCUT2D eigenvalue weighted by molar-refractivity contribution is 5.92. The molecule has 4 nitrogen and oxygen atoms in total. The van der Waals surface area contributed by atoms with E-state index in [4.69, 9.17) is 0 Å². The van der Waals surface area contributed by atoms with Crippen LogP contribution >= 0.6 is 0 Å². The molecule has 21 heavy (non-hydrogen) atoms. The number of carbonyl (C=O) groups is 2. The molecule has 3 aliphatic carbocycles. The van der Waals surface area contributed by atoms with E-state index in [0.717, 1.165) is 12.1 Å². The fourth-order valence-corrected chi connectivity index (χ4v) is 3.80. The van der Waals surface area contributed by atoms with Crippen LogP contribution in [0.25, 0.3) is 0 Å². The standard InChI is InChI=1S/C14H11F3O4/c15-14(16,17)8-3-1-7(2-4-8)9-12(10(18)19)5-13(9,6-12)11(20)21/h1-4,9H,5-6H2,(H,18,19)(H,20,21). The van der Waals surface area contributed by atoms with Crippen LogP contribution in [0.2, 0.25) is 0 Å². The predicted molar refractivity (Wildman–Crippen MR) is 63.6 cm³/mol. The number of aliphatic carboxylic acids is 2. The third kappa shape index (κ3) is 1.57.